The van der Waals surface area contributed by atoms with E-state index in [9.17, 15) is 5.11 Å². The van der Waals surface area contributed by atoms with Crippen LogP contribution in [0.1, 0.15) is 46.5 Å². The summed E-state index contributed by atoms with van der Waals surface area (Å²) >= 11 is 0. The summed E-state index contributed by atoms with van der Waals surface area (Å²) in [5.74, 6) is 0. The van der Waals surface area contributed by atoms with Crippen LogP contribution in [0.2, 0.25) is 0 Å². The summed E-state index contributed by atoms with van der Waals surface area (Å²) in [7, 11) is 0. The van der Waals surface area contributed by atoms with Crippen molar-refractivity contribution in [2.24, 2.45) is 0 Å². The van der Waals surface area contributed by atoms with Crippen molar-refractivity contribution < 1.29 is 5.11 Å². The number of likely N-dealkylation sites (tertiary alicyclic amines) is 1. The Hall–Kier alpha value is -0.340. The van der Waals surface area contributed by atoms with Gasteiger partial charge in [-0.3, -0.25) is 4.90 Å². The summed E-state index contributed by atoms with van der Waals surface area (Å²) in [6.07, 6.45) is 4.07. The SMILES string of the molecule is C=C(C)CCC(O)C(C)(C)N1CCCC1. The molecule has 1 atom stereocenters. The molecular formula is C13H25NO. The molecule has 0 aromatic carbocycles. The third-order valence-corrected chi connectivity index (χ3v) is 3.58. The molecule has 1 heterocycles. The number of aliphatic hydroxyl groups is 1. The Bertz CT molecular complexity index is 217. The molecule has 0 bridgehead atoms. The monoisotopic (exact) mass is 211 g/mol. The van der Waals surface area contributed by atoms with Crippen LogP contribution >= 0.6 is 0 Å². The lowest BCUT2D eigenvalue weighted by Crippen LogP contribution is -2.51. The van der Waals surface area contributed by atoms with Gasteiger partial charge in [0.2, 0.25) is 0 Å². The van der Waals surface area contributed by atoms with Crippen molar-refractivity contribution in [2.75, 3.05) is 13.1 Å². The topological polar surface area (TPSA) is 23.5 Å². The van der Waals surface area contributed by atoms with E-state index in [1.54, 1.807) is 0 Å². The van der Waals surface area contributed by atoms with Gasteiger partial charge >= 0.3 is 0 Å². The highest BCUT2D eigenvalue weighted by Crippen LogP contribution is 2.26. The second kappa shape index (κ2) is 5.13. The van der Waals surface area contributed by atoms with Gasteiger partial charge < -0.3 is 5.11 Å². The van der Waals surface area contributed by atoms with Gasteiger partial charge in [-0.05, 0) is 59.5 Å². The number of hydrogen-bond acceptors (Lipinski definition) is 2. The fraction of sp³-hybridized carbons (Fsp3) is 0.846. The molecule has 1 aliphatic rings. The minimum absolute atomic E-state index is 0.0774. The molecule has 0 aromatic rings. The molecule has 1 rings (SSSR count). The summed E-state index contributed by atoms with van der Waals surface area (Å²) in [6, 6.07) is 0. The second-order valence-electron chi connectivity index (χ2n) is 5.36. The molecule has 0 amide bonds. The van der Waals surface area contributed by atoms with Crippen molar-refractivity contribution in [3.8, 4) is 0 Å². The van der Waals surface area contributed by atoms with E-state index in [2.05, 4.69) is 25.3 Å². The molecule has 0 radical (unpaired) electrons. The highest BCUT2D eigenvalue weighted by molar-refractivity contribution is 4.95. The number of aliphatic hydroxyl groups excluding tert-OH is 1. The third kappa shape index (κ3) is 3.32. The van der Waals surface area contributed by atoms with Crippen LogP contribution in [0, 0.1) is 0 Å². The first-order valence-corrected chi connectivity index (χ1v) is 6.02. The summed E-state index contributed by atoms with van der Waals surface area (Å²) in [4.78, 5) is 2.41. The number of allylic oxidation sites excluding steroid dienone is 1. The van der Waals surface area contributed by atoms with E-state index in [0.29, 0.717) is 0 Å². The molecular weight excluding hydrogens is 186 g/mol. The average Bonchev–Trinajstić information content (AvgIpc) is 2.66. The molecule has 1 fully saturated rings. The van der Waals surface area contributed by atoms with Gasteiger partial charge in [-0.25, -0.2) is 0 Å². The van der Waals surface area contributed by atoms with Crippen LogP contribution in [0.25, 0.3) is 0 Å². The molecule has 88 valence electrons. The molecule has 1 unspecified atom stereocenters. The van der Waals surface area contributed by atoms with Crippen molar-refractivity contribution in [3.63, 3.8) is 0 Å². The van der Waals surface area contributed by atoms with E-state index in [1.165, 1.54) is 12.8 Å². The third-order valence-electron chi connectivity index (χ3n) is 3.58. The van der Waals surface area contributed by atoms with Gasteiger partial charge in [0.15, 0.2) is 0 Å². The van der Waals surface area contributed by atoms with Crippen LogP contribution in [0.15, 0.2) is 12.2 Å². The lowest BCUT2D eigenvalue weighted by molar-refractivity contribution is -0.00160. The van der Waals surface area contributed by atoms with Gasteiger partial charge in [-0.2, -0.15) is 0 Å². The number of rotatable bonds is 5. The van der Waals surface area contributed by atoms with E-state index in [1.807, 2.05) is 6.92 Å². The molecule has 0 saturated carbocycles. The van der Waals surface area contributed by atoms with Crippen molar-refractivity contribution in [1.82, 2.24) is 4.90 Å². The highest BCUT2D eigenvalue weighted by Gasteiger charge is 2.35. The maximum absolute atomic E-state index is 10.2. The highest BCUT2D eigenvalue weighted by atomic mass is 16.3. The van der Waals surface area contributed by atoms with Crippen LogP contribution in [0.5, 0.6) is 0 Å². The molecule has 0 aromatic heterocycles. The van der Waals surface area contributed by atoms with Gasteiger partial charge in [0.1, 0.15) is 0 Å². The summed E-state index contributed by atoms with van der Waals surface area (Å²) in [6.45, 7) is 12.5. The van der Waals surface area contributed by atoms with Crippen molar-refractivity contribution in [3.05, 3.63) is 12.2 Å². The van der Waals surface area contributed by atoms with Gasteiger partial charge in [-0.15, -0.1) is 6.58 Å². The molecule has 2 heteroatoms. The van der Waals surface area contributed by atoms with Gasteiger partial charge in [-0.1, -0.05) is 5.57 Å². The Kier molecular flexibility index (Phi) is 4.35. The summed E-state index contributed by atoms with van der Waals surface area (Å²) in [5, 5.41) is 10.2. The van der Waals surface area contributed by atoms with Gasteiger partial charge in [0.25, 0.3) is 0 Å². The molecule has 1 N–H and O–H groups in total. The van der Waals surface area contributed by atoms with Gasteiger partial charge in [0.05, 0.1) is 6.10 Å². The van der Waals surface area contributed by atoms with E-state index in [4.69, 9.17) is 0 Å². The maximum Gasteiger partial charge on any atom is 0.0721 e. The first-order chi connectivity index (χ1) is 6.94. The lowest BCUT2D eigenvalue weighted by Gasteiger charge is -2.39. The lowest BCUT2D eigenvalue weighted by atomic mass is 9.91. The van der Waals surface area contributed by atoms with Crippen LogP contribution in [0.4, 0.5) is 0 Å². The molecule has 0 aliphatic carbocycles. The molecule has 1 aliphatic heterocycles. The minimum atomic E-state index is -0.243. The zero-order valence-corrected chi connectivity index (χ0v) is 10.4. The van der Waals surface area contributed by atoms with Crippen molar-refractivity contribution >= 4 is 0 Å². The quantitative estimate of drug-likeness (QED) is 0.707. The summed E-state index contributed by atoms with van der Waals surface area (Å²) < 4.78 is 0. The van der Waals surface area contributed by atoms with Crippen LogP contribution < -0.4 is 0 Å². The average molecular weight is 211 g/mol. The Morgan fingerprint density at radius 1 is 1.40 bits per heavy atom. The fourth-order valence-corrected chi connectivity index (χ4v) is 2.24. The zero-order chi connectivity index (χ0) is 11.5. The van der Waals surface area contributed by atoms with Gasteiger partial charge in [0, 0.05) is 5.54 Å². The molecule has 0 spiro atoms. The van der Waals surface area contributed by atoms with E-state index in [0.717, 1.165) is 31.5 Å². The second-order valence-corrected chi connectivity index (χ2v) is 5.36. The molecule has 2 nitrogen and oxygen atoms in total. The molecule has 1 saturated heterocycles. The number of hydrogen-bond donors (Lipinski definition) is 1. The van der Waals surface area contributed by atoms with Crippen LogP contribution in [0.3, 0.4) is 0 Å². The smallest absolute Gasteiger partial charge is 0.0721 e. The minimum Gasteiger partial charge on any atom is -0.391 e. The van der Waals surface area contributed by atoms with Crippen molar-refractivity contribution in [1.29, 1.82) is 0 Å². The predicted octanol–water partition coefficient (Wildman–Crippen LogP) is 2.58. The Morgan fingerprint density at radius 2 is 1.93 bits per heavy atom. The van der Waals surface area contributed by atoms with E-state index in [-0.39, 0.29) is 11.6 Å². The Labute approximate surface area is 94.0 Å². The largest absolute Gasteiger partial charge is 0.391 e. The Balaban J connectivity index is 2.47. The first-order valence-electron chi connectivity index (χ1n) is 6.02. The maximum atomic E-state index is 10.2. The standard InChI is InChI=1S/C13H25NO/c1-11(2)7-8-12(15)13(3,4)14-9-5-6-10-14/h12,15H,1,5-10H2,2-4H3. The normalized spacial score (nSPS) is 20.5. The Morgan fingerprint density at radius 3 is 2.40 bits per heavy atom. The zero-order valence-electron chi connectivity index (χ0n) is 10.4. The van der Waals surface area contributed by atoms with E-state index < -0.39 is 0 Å². The first kappa shape index (κ1) is 12.7. The van der Waals surface area contributed by atoms with Crippen LogP contribution in [-0.2, 0) is 0 Å². The van der Waals surface area contributed by atoms with Crippen LogP contribution in [-0.4, -0.2) is 34.7 Å². The number of nitrogens with zero attached hydrogens (tertiary/aromatic N) is 1. The predicted molar refractivity (Wildman–Crippen MR) is 64.9 cm³/mol. The fourth-order valence-electron chi connectivity index (χ4n) is 2.24. The molecule has 15 heavy (non-hydrogen) atoms. The summed E-state index contributed by atoms with van der Waals surface area (Å²) in [5.41, 5.74) is 1.08. The van der Waals surface area contributed by atoms with Crippen molar-refractivity contribution in [2.45, 2.75) is 58.1 Å². The van der Waals surface area contributed by atoms with E-state index >= 15 is 0 Å².